The number of hydrogen-bond donors (Lipinski definition) is 0. The average Bonchev–Trinajstić information content (AvgIpc) is 2.86. The normalized spacial score (nSPS) is 21.1. The zero-order valence-corrected chi connectivity index (χ0v) is 19.1. The van der Waals surface area contributed by atoms with Gasteiger partial charge in [-0.2, -0.15) is 0 Å². The molecular weight excluding hydrogens is 434 g/mol. The summed E-state index contributed by atoms with van der Waals surface area (Å²) in [6.07, 6.45) is 2.21. The van der Waals surface area contributed by atoms with Gasteiger partial charge in [0.2, 0.25) is 11.8 Å². The van der Waals surface area contributed by atoms with E-state index in [1.807, 2.05) is 42.2 Å². The van der Waals surface area contributed by atoms with Crippen LogP contribution in [-0.4, -0.2) is 57.7 Å². The fraction of sp³-hybridized carbons (Fsp3) is 0.320. The number of carbonyl (C=O) groups is 3. The Labute approximate surface area is 195 Å². The molecule has 3 aromatic rings. The van der Waals surface area contributed by atoms with E-state index in [1.54, 1.807) is 12.3 Å². The number of anilines is 1. The summed E-state index contributed by atoms with van der Waals surface area (Å²) in [5.74, 6) is -0.675. The second-order valence-corrected chi connectivity index (χ2v) is 9.31. The Morgan fingerprint density at radius 1 is 0.971 bits per heavy atom. The minimum atomic E-state index is -1.65. The molecule has 172 valence electrons. The zero-order chi connectivity index (χ0) is 23.9. The zero-order valence-electron chi connectivity index (χ0n) is 19.1. The number of imide groups is 2. The van der Waals surface area contributed by atoms with Crippen LogP contribution >= 0.6 is 0 Å². The van der Waals surface area contributed by atoms with Crippen LogP contribution in [0.15, 0.2) is 47.4 Å². The number of urea groups is 1. The molecule has 3 aliphatic rings. The first kappa shape index (κ1) is 20.6. The Balaban J connectivity index is 1.71. The fourth-order valence-corrected chi connectivity index (χ4v) is 5.89. The van der Waals surface area contributed by atoms with Gasteiger partial charge in [0.1, 0.15) is 11.5 Å². The van der Waals surface area contributed by atoms with E-state index in [0.29, 0.717) is 30.0 Å². The molecule has 1 saturated heterocycles. The molecule has 1 spiro atoms. The maximum Gasteiger partial charge on any atom is 0.332 e. The Hall–Kier alpha value is -4.01. The Bertz CT molecular complexity index is 1470. The number of benzene rings is 1. The van der Waals surface area contributed by atoms with Crippen LogP contribution in [0.2, 0.25) is 0 Å². The molecule has 6 rings (SSSR count). The number of rotatable bonds is 0. The number of pyridine rings is 1. The lowest BCUT2D eigenvalue weighted by Gasteiger charge is -2.54. The molecule has 0 saturated carbocycles. The predicted octanol–water partition coefficient (Wildman–Crippen LogP) is 1.70. The van der Waals surface area contributed by atoms with Crippen LogP contribution in [-0.2, 0) is 22.4 Å². The van der Waals surface area contributed by atoms with Gasteiger partial charge in [-0.15, -0.1) is 0 Å². The smallest absolute Gasteiger partial charge is 0.332 e. The van der Waals surface area contributed by atoms with Crippen molar-refractivity contribution in [1.82, 2.24) is 19.2 Å². The lowest BCUT2D eigenvalue weighted by Crippen LogP contribution is -2.69. The van der Waals surface area contributed by atoms with Gasteiger partial charge in [0.05, 0.1) is 11.6 Å². The van der Waals surface area contributed by atoms with E-state index >= 15 is 0 Å². The van der Waals surface area contributed by atoms with Crippen molar-refractivity contribution in [2.75, 3.05) is 25.5 Å². The van der Waals surface area contributed by atoms with E-state index < -0.39 is 29.3 Å². The highest BCUT2D eigenvalue weighted by atomic mass is 16.2. The van der Waals surface area contributed by atoms with Crippen LogP contribution in [0.1, 0.15) is 28.3 Å². The highest BCUT2D eigenvalue weighted by Crippen LogP contribution is 2.53. The number of aryl methyl sites for hydroxylation is 1. The van der Waals surface area contributed by atoms with Crippen LogP contribution in [0.5, 0.6) is 0 Å². The molecule has 34 heavy (non-hydrogen) atoms. The summed E-state index contributed by atoms with van der Waals surface area (Å²) in [4.78, 5) is 62.9. The third-order valence-corrected chi connectivity index (χ3v) is 7.55. The third kappa shape index (κ3) is 2.36. The van der Waals surface area contributed by atoms with Crippen molar-refractivity contribution in [3.8, 4) is 0 Å². The van der Waals surface area contributed by atoms with Crippen molar-refractivity contribution in [2.45, 2.75) is 25.8 Å². The van der Waals surface area contributed by atoms with E-state index in [2.05, 4.69) is 0 Å². The number of nitrogens with zero attached hydrogens (tertiary/aromatic N) is 5. The van der Waals surface area contributed by atoms with Crippen LogP contribution in [0.25, 0.3) is 5.65 Å². The molecule has 4 amide bonds. The summed E-state index contributed by atoms with van der Waals surface area (Å²) in [5, 5.41) is 0. The highest BCUT2D eigenvalue weighted by Gasteiger charge is 2.65. The van der Waals surface area contributed by atoms with Gasteiger partial charge in [0.25, 0.3) is 5.56 Å². The van der Waals surface area contributed by atoms with Crippen molar-refractivity contribution >= 4 is 29.3 Å². The molecular formula is C25H23N5O4. The van der Waals surface area contributed by atoms with E-state index in [0.717, 1.165) is 26.5 Å². The van der Waals surface area contributed by atoms with Crippen molar-refractivity contribution in [3.05, 3.63) is 75.2 Å². The Kier molecular flexibility index (Phi) is 4.09. The molecule has 3 aliphatic heterocycles. The molecule has 0 N–H and O–H groups in total. The van der Waals surface area contributed by atoms with Crippen molar-refractivity contribution in [3.63, 3.8) is 0 Å². The Morgan fingerprint density at radius 2 is 1.68 bits per heavy atom. The van der Waals surface area contributed by atoms with Gasteiger partial charge in [-0.3, -0.25) is 28.6 Å². The largest absolute Gasteiger partial charge is 0.347 e. The van der Waals surface area contributed by atoms with Gasteiger partial charge >= 0.3 is 6.03 Å². The maximum absolute atomic E-state index is 13.9. The van der Waals surface area contributed by atoms with Gasteiger partial charge in [-0.1, -0.05) is 30.3 Å². The number of aromatic nitrogens is 2. The second kappa shape index (κ2) is 6.75. The third-order valence-electron chi connectivity index (χ3n) is 7.55. The van der Waals surface area contributed by atoms with Crippen LogP contribution < -0.4 is 10.5 Å². The SMILES string of the molecule is Cc1cccn2c(=O)c3c(nc12)N1CCc2ccccc2C1C1(C3)C(=O)N(C)C(=O)N(C)C1=O. The molecule has 0 aliphatic carbocycles. The lowest BCUT2D eigenvalue weighted by atomic mass is 9.65. The van der Waals surface area contributed by atoms with Gasteiger partial charge in [-0.25, -0.2) is 9.78 Å². The molecule has 0 bridgehead atoms. The molecule has 2 aromatic heterocycles. The minimum Gasteiger partial charge on any atom is -0.347 e. The summed E-state index contributed by atoms with van der Waals surface area (Å²) in [6.45, 7) is 2.39. The molecule has 1 unspecified atom stereocenters. The number of barbiturate groups is 1. The van der Waals surface area contributed by atoms with Gasteiger partial charge in [0, 0.05) is 33.3 Å². The van der Waals surface area contributed by atoms with Crippen molar-refractivity contribution in [1.29, 1.82) is 0 Å². The van der Waals surface area contributed by atoms with Gasteiger partial charge in [-0.05, 0) is 36.1 Å². The average molecular weight is 457 g/mol. The standard InChI is InChI=1S/C25H23N5O4/c1-14-7-6-11-30-19(14)26-20-17(21(30)31)13-25(22(32)27(2)24(34)28(3)23(25)33)18-16-9-5-4-8-15(16)10-12-29(18)20/h4-9,11,18H,10,12-13H2,1-3H3. The minimum absolute atomic E-state index is 0.125. The summed E-state index contributed by atoms with van der Waals surface area (Å²) in [6, 6.07) is 10.1. The molecule has 1 atom stereocenters. The molecule has 1 aromatic carbocycles. The van der Waals surface area contributed by atoms with Gasteiger partial charge in [0.15, 0.2) is 5.41 Å². The quantitative estimate of drug-likeness (QED) is 0.477. The fourth-order valence-electron chi connectivity index (χ4n) is 5.89. The number of carbonyl (C=O) groups excluding carboxylic acids is 3. The monoisotopic (exact) mass is 457 g/mol. The molecule has 5 heterocycles. The summed E-state index contributed by atoms with van der Waals surface area (Å²) >= 11 is 0. The summed E-state index contributed by atoms with van der Waals surface area (Å²) < 4.78 is 1.47. The van der Waals surface area contributed by atoms with E-state index in [4.69, 9.17) is 4.98 Å². The highest BCUT2D eigenvalue weighted by molar-refractivity contribution is 6.20. The molecule has 1 fully saturated rings. The Morgan fingerprint density at radius 3 is 2.41 bits per heavy atom. The number of hydrogen-bond acceptors (Lipinski definition) is 6. The predicted molar refractivity (Wildman–Crippen MR) is 124 cm³/mol. The molecule has 9 heteroatoms. The summed E-state index contributed by atoms with van der Waals surface area (Å²) in [5.41, 5.74) is 1.66. The van der Waals surface area contributed by atoms with E-state index in [9.17, 15) is 19.2 Å². The molecule has 9 nitrogen and oxygen atoms in total. The number of fused-ring (bicyclic) bond motifs is 7. The lowest BCUT2D eigenvalue weighted by molar-refractivity contribution is -0.159. The molecule has 0 radical (unpaired) electrons. The maximum atomic E-state index is 13.9. The first-order chi connectivity index (χ1) is 16.3. The number of amides is 4. The first-order valence-corrected chi connectivity index (χ1v) is 11.2. The van der Waals surface area contributed by atoms with Gasteiger partial charge < -0.3 is 4.90 Å². The summed E-state index contributed by atoms with van der Waals surface area (Å²) in [7, 11) is 2.78. The van der Waals surface area contributed by atoms with E-state index in [1.165, 1.54) is 18.5 Å². The first-order valence-electron chi connectivity index (χ1n) is 11.2. The van der Waals surface area contributed by atoms with E-state index in [-0.39, 0.29) is 12.0 Å². The van der Waals surface area contributed by atoms with Crippen LogP contribution in [0.4, 0.5) is 10.6 Å². The van der Waals surface area contributed by atoms with Crippen molar-refractivity contribution in [2.24, 2.45) is 5.41 Å². The van der Waals surface area contributed by atoms with Crippen molar-refractivity contribution < 1.29 is 14.4 Å². The topological polar surface area (TPSA) is 95.3 Å². The van der Waals surface area contributed by atoms with Crippen LogP contribution in [0, 0.1) is 12.3 Å². The second-order valence-electron chi connectivity index (χ2n) is 9.31. The van der Waals surface area contributed by atoms with Crippen LogP contribution in [0.3, 0.4) is 0 Å².